The highest BCUT2D eigenvalue weighted by Gasteiger charge is 2.13. The molecule has 0 amide bonds. The summed E-state index contributed by atoms with van der Waals surface area (Å²) in [6.07, 6.45) is 0.258. The molecule has 7 heteroatoms. The molecule has 0 aliphatic heterocycles. The van der Waals surface area contributed by atoms with E-state index >= 15 is 0 Å². The van der Waals surface area contributed by atoms with Gasteiger partial charge in [0.1, 0.15) is 23.1 Å². The first-order chi connectivity index (χ1) is 11.6. The van der Waals surface area contributed by atoms with Gasteiger partial charge >= 0.3 is 0 Å². The molecular weight excluding hydrogens is 328 g/mol. The van der Waals surface area contributed by atoms with Crippen LogP contribution in [0.4, 0.5) is 0 Å². The van der Waals surface area contributed by atoms with E-state index < -0.39 is 0 Å². The zero-order chi connectivity index (χ0) is 17.4. The third-order valence-electron chi connectivity index (χ3n) is 3.12. The second-order valence-corrected chi connectivity index (χ2v) is 6.21. The van der Waals surface area contributed by atoms with Gasteiger partial charge in [0, 0.05) is 36.0 Å². The normalized spacial score (nSPS) is 10.8. The average molecular weight is 350 g/mol. The third kappa shape index (κ3) is 5.99. The number of rotatable bonds is 10. The van der Waals surface area contributed by atoms with Crippen molar-refractivity contribution in [3.8, 4) is 5.75 Å². The zero-order valence-corrected chi connectivity index (χ0v) is 15.0. The first-order valence-corrected chi connectivity index (χ1v) is 8.59. The predicted octanol–water partition coefficient (Wildman–Crippen LogP) is 2.62. The minimum atomic E-state index is -0.0609. The summed E-state index contributed by atoms with van der Waals surface area (Å²) in [5.41, 5.74) is 2.07. The van der Waals surface area contributed by atoms with Gasteiger partial charge in [-0.2, -0.15) is 0 Å². The Hall–Kier alpha value is -1.83. The number of thiazole rings is 1. The number of ketones is 1. The highest BCUT2D eigenvalue weighted by molar-refractivity contribution is 7.09. The molecule has 0 aromatic carbocycles. The van der Waals surface area contributed by atoms with E-state index in [0.717, 1.165) is 16.4 Å². The van der Waals surface area contributed by atoms with E-state index in [1.54, 1.807) is 19.2 Å². The van der Waals surface area contributed by atoms with Crippen molar-refractivity contribution >= 4 is 17.1 Å². The lowest BCUT2D eigenvalue weighted by Gasteiger charge is -2.09. The number of methoxy groups -OCH3 is 1. The lowest BCUT2D eigenvalue weighted by Crippen LogP contribution is -2.11. The van der Waals surface area contributed by atoms with Crippen molar-refractivity contribution in [2.24, 2.45) is 0 Å². The van der Waals surface area contributed by atoms with Crippen LogP contribution in [0.1, 0.15) is 26.9 Å². The highest BCUT2D eigenvalue weighted by Crippen LogP contribution is 2.17. The van der Waals surface area contributed by atoms with E-state index in [2.05, 4.69) is 9.97 Å². The standard InChI is InChI=1S/C17H22N2O4S/c1-12-8-14(23-7-6-22-5-4-21-3)9-15(18-12)16(20)10-17-19-13(2)11-24-17/h8-9,11H,4-7,10H2,1-3H3. The number of aromatic nitrogens is 2. The zero-order valence-electron chi connectivity index (χ0n) is 14.2. The van der Waals surface area contributed by atoms with Crippen LogP contribution < -0.4 is 4.74 Å². The van der Waals surface area contributed by atoms with Gasteiger partial charge in [0.2, 0.25) is 0 Å². The summed E-state index contributed by atoms with van der Waals surface area (Å²) in [5, 5.41) is 2.74. The van der Waals surface area contributed by atoms with E-state index in [1.165, 1.54) is 11.3 Å². The number of hydrogen-bond donors (Lipinski definition) is 0. The second-order valence-electron chi connectivity index (χ2n) is 5.27. The number of pyridine rings is 1. The Balaban J connectivity index is 1.91. The molecule has 0 N–H and O–H groups in total. The van der Waals surface area contributed by atoms with Gasteiger partial charge < -0.3 is 14.2 Å². The minimum Gasteiger partial charge on any atom is -0.491 e. The first kappa shape index (κ1) is 18.5. The van der Waals surface area contributed by atoms with Crippen LogP contribution in [0, 0.1) is 13.8 Å². The number of carbonyl (C=O) groups is 1. The lowest BCUT2D eigenvalue weighted by molar-refractivity contribution is 0.0544. The largest absolute Gasteiger partial charge is 0.491 e. The van der Waals surface area contributed by atoms with E-state index in [9.17, 15) is 4.79 Å². The van der Waals surface area contributed by atoms with E-state index in [4.69, 9.17) is 14.2 Å². The molecule has 0 radical (unpaired) electrons. The smallest absolute Gasteiger partial charge is 0.188 e. The second kappa shape index (κ2) is 9.46. The summed E-state index contributed by atoms with van der Waals surface area (Å²) >= 11 is 1.49. The van der Waals surface area contributed by atoms with Gasteiger partial charge in [0.25, 0.3) is 0 Å². The fourth-order valence-electron chi connectivity index (χ4n) is 2.04. The van der Waals surface area contributed by atoms with Crippen molar-refractivity contribution in [3.05, 3.63) is 39.6 Å². The Morgan fingerprint density at radius 1 is 1.08 bits per heavy atom. The molecule has 0 fully saturated rings. The number of carbonyl (C=O) groups excluding carboxylic acids is 1. The van der Waals surface area contributed by atoms with E-state index in [1.807, 2.05) is 19.2 Å². The molecular formula is C17H22N2O4S. The first-order valence-electron chi connectivity index (χ1n) is 7.71. The molecule has 6 nitrogen and oxygen atoms in total. The average Bonchev–Trinajstić information content (AvgIpc) is 2.95. The van der Waals surface area contributed by atoms with Gasteiger partial charge in [-0.25, -0.2) is 9.97 Å². The van der Waals surface area contributed by atoms with Crippen LogP contribution in [-0.2, 0) is 15.9 Å². The third-order valence-corrected chi connectivity index (χ3v) is 4.09. The van der Waals surface area contributed by atoms with Crippen LogP contribution in [0.2, 0.25) is 0 Å². The Bertz CT molecular complexity index is 672. The molecule has 2 heterocycles. The van der Waals surface area contributed by atoms with Gasteiger partial charge in [-0.15, -0.1) is 11.3 Å². The molecule has 0 bridgehead atoms. The quantitative estimate of drug-likeness (QED) is 0.485. The van der Waals surface area contributed by atoms with E-state index in [-0.39, 0.29) is 12.2 Å². The van der Waals surface area contributed by atoms with Crippen molar-refractivity contribution in [1.82, 2.24) is 9.97 Å². The predicted molar refractivity (Wildman–Crippen MR) is 92.0 cm³/mol. The monoisotopic (exact) mass is 350 g/mol. The Morgan fingerprint density at radius 3 is 2.58 bits per heavy atom. The van der Waals surface area contributed by atoms with Crippen LogP contribution in [0.3, 0.4) is 0 Å². The van der Waals surface area contributed by atoms with Crippen LogP contribution in [0.25, 0.3) is 0 Å². The molecule has 0 atom stereocenters. The molecule has 2 rings (SSSR count). The number of nitrogens with zero attached hydrogens (tertiary/aromatic N) is 2. The summed E-state index contributed by atoms with van der Waals surface area (Å²) in [6.45, 7) is 5.72. The number of Topliss-reactive ketones (excluding diaryl/α,β-unsaturated/α-hetero) is 1. The number of ether oxygens (including phenoxy) is 3. The molecule has 24 heavy (non-hydrogen) atoms. The molecule has 0 spiro atoms. The van der Waals surface area contributed by atoms with Gasteiger partial charge in [-0.3, -0.25) is 4.79 Å². The van der Waals surface area contributed by atoms with Crippen molar-refractivity contribution in [3.63, 3.8) is 0 Å². The Morgan fingerprint density at radius 2 is 1.88 bits per heavy atom. The molecule has 0 saturated carbocycles. The van der Waals surface area contributed by atoms with Crippen molar-refractivity contribution < 1.29 is 19.0 Å². The summed E-state index contributed by atoms with van der Waals surface area (Å²) in [6, 6.07) is 3.48. The Labute approximate surface area is 145 Å². The maximum absolute atomic E-state index is 12.4. The molecule has 2 aromatic rings. The molecule has 0 aliphatic carbocycles. The maximum Gasteiger partial charge on any atom is 0.188 e. The summed E-state index contributed by atoms with van der Waals surface area (Å²) < 4.78 is 15.9. The summed E-state index contributed by atoms with van der Waals surface area (Å²) in [7, 11) is 1.63. The molecule has 130 valence electrons. The topological polar surface area (TPSA) is 70.5 Å². The molecule has 0 unspecified atom stereocenters. The SMILES string of the molecule is COCCOCCOc1cc(C)nc(C(=O)Cc2nc(C)cs2)c1. The van der Waals surface area contributed by atoms with Crippen LogP contribution in [-0.4, -0.2) is 49.3 Å². The minimum absolute atomic E-state index is 0.0609. The fraction of sp³-hybridized carbons (Fsp3) is 0.471. The maximum atomic E-state index is 12.4. The van der Waals surface area contributed by atoms with Crippen LogP contribution in [0.15, 0.2) is 17.5 Å². The fourth-order valence-corrected chi connectivity index (χ4v) is 2.81. The molecule has 0 aliphatic rings. The van der Waals surface area contributed by atoms with Crippen molar-refractivity contribution in [2.45, 2.75) is 20.3 Å². The number of aryl methyl sites for hydroxylation is 2. The molecule has 0 saturated heterocycles. The molecule has 2 aromatic heterocycles. The highest BCUT2D eigenvalue weighted by atomic mass is 32.1. The van der Waals surface area contributed by atoms with Crippen molar-refractivity contribution in [2.75, 3.05) is 33.5 Å². The summed E-state index contributed by atoms with van der Waals surface area (Å²) in [5.74, 6) is 0.561. The van der Waals surface area contributed by atoms with Crippen LogP contribution >= 0.6 is 11.3 Å². The Kier molecular flexibility index (Phi) is 7.30. The van der Waals surface area contributed by atoms with Gasteiger partial charge in [-0.05, 0) is 13.8 Å². The van der Waals surface area contributed by atoms with Gasteiger partial charge in [0.15, 0.2) is 5.78 Å². The van der Waals surface area contributed by atoms with E-state index in [0.29, 0.717) is 37.9 Å². The van der Waals surface area contributed by atoms with Gasteiger partial charge in [-0.1, -0.05) is 0 Å². The van der Waals surface area contributed by atoms with Crippen molar-refractivity contribution in [1.29, 1.82) is 0 Å². The lowest BCUT2D eigenvalue weighted by atomic mass is 10.2. The number of hydrogen-bond acceptors (Lipinski definition) is 7. The summed E-state index contributed by atoms with van der Waals surface area (Å²) in [4.78, 5) is 21.0. The van der Waals surface area contributed by atoms with Gasteiger partial charge in [0.05, 0.1) is 26.2 Å². The van der Waals surface area contributed by atoms with Crippen LogP contribution in [0.5, 0.6) is 5.75 Å².